The number of ether oxygens (including phenoxy) is 2. The van der Waals surface area contributed by atoms with Gasteiger partial charge in [0, 0.05) is 18.4 Å². The topological polar surface area (TPSA) is 82.5 Å². The van der Waals surface area contributed by atoms with Crippen LogP contribution in [0.2, 0.25) is 0 Å². The Morgan fingerprint density at radius 3 is 2.97 bits per heavy atom. The van der Waals surface area contributed by atoms with E-state index in [1.54, 1.807) is 29.9 Å². The number of aromatic nitrogens is 2. The van der Waals surface area contributed by atoms with E-state index in [4.69, 9.17) is 9.47 Å². The van der Waals surface area contributed by atoms with Crippen LogP contribution in [-0.2, 0) is 16.1 Å². The van der Waals surface area contributed by atoms with E-state index in [9.17, 15) is 9.59 Å². The Morgan fingerprint density at radius 2 is 2.17 bits per heavy atom. The van der Waals surface area contributed by atoms with Crippen LogP contribution in [-0.4, -0.2) is 41.0 Å². The Labute approximate surface area is 178 Å². The zero-order chi connectivity index (χ0) is 20.9. The van der Waals surface area contributed by atoms with E-state index < -0.39 is 0 Å². The van der Waals surface area contributed by atoms with Crippen molar-refractivity contribution >= 4 is 34.3 Å². The standard InChI is InChI=1S/C22H23N3O4S/c1-28-16-7-4-6-15(12-16)23-20(26)14-30-22-24-19-10-3-2-9-18(19)21(27)25(22)13-17-8-5-11-29-17/h2-4,6-7,9-10,12,17H,5,8,11,13-14H2,1H3,(H,23,26)/t17-/m1/s1. The van der Waals surface area contributed by atoms with Gasteiger partial charge in [0.25, 0.3) is 5.56 Å². The average molecular weight is 426 g/mol. The lowest BCUT2D eigenvalue weighted by Crippen LogP contribution is -2.29. The second-order valence-corrected chi connectivity index (χ2v) is 7.97. The summed E-state index contributed by atoms with van der Waals surface area (Å²) in [6.07, 6.45) is 1.90. The summed E-state index contributed by atoms with van der Waals surface area (Å²) in [7, 11) is 1.58. The first-order valence-corrected chi connectivity index (χ1v) is 10.8. The SMILES string of the molecule is COc1cccc(NC(=O)CSc2nc3ccccc3c(=O)n2C[C@H]2CCCO2)c1. The molecule has 7 nitrogen and oxygen atoms in total. The van der Waals surface area contributed by atoms with E-state index in [1.165, 1.54) is 11.8 Å². The second kappa shape index (κ2) is 9.32. The summed E-state index contributed by atoms with van der Waals surface area (Å²) in [6, 6.07) is 14.4. The number of carbonyl (C=O) groups is 1. The molecule has 0 unspecified atom stereocenters. The van der Waals surface area contributed by atoms with Gasteiger partial charge in [0.2, 0.25) is 5.91 Å². The first kappa shape index (κ1) is 20.4. The van der Waals surface area contributed by atoms with Crippen LogP contribution in [0.3, 0.4) is 0 Å². The Bertz CT molecular complexity index is 1110. The van der Waals surface area contributed by atoms with Crippen LogP contribution < -0.4 is 15.6 Å². The molecule has 1 atom stereocenters. The zero-order valence-electron chi connectivity index (χ0n) is 16.7. The molecule has 1 aliphatic rings. The van der Waals surface area contributed by atoms with E-state index in [1.807, 2.05) is 30.3 Å². The zero-order valence-corrected chi connectivity index (χ0v) is 17.5. The molecule has 0 bridgehead atoms. The molecule has 4 rings (SSSR count). The van der Waals surface area contributed by atoms with E-state index in [0.717, 1.165) is 12.8 Å². The molecule has 0 aliphatic carbocycles. The third kappa shape index (κ3) is 4.66. The molecule has 1 fully saturated rings. The van der Waals surface area contributed by atoms with Crippen molar-refractivity contribution in [2.75, 3.05) is 24.8 Å². The molecular formula is C22H23N3O4S. The van der Waals surface area contributed by atoms with Gasteiger partial charge >= 0.3 is 0 Å². The fourth-order valence-electron chi connectivity index (χ4n) is 3.44. The average Bonchev–Trinajstić information content (AvgIpc) is 3.28. The predicted octanol–water partition coefficient (Wildman–Crippen LogP) is 3.31. The molecule has 156 valence electrons. The quantitative estimate of drug-likeness (QED) is 0.462. The molecule has 1 saturated heterocycles. The van der Waals surface area contributed by atoms with E-state index in [2.05, 4.69) is 10.3 Å². The van der Waals surface area contributed by atoms with Crippen molar-refractivity contribution < 1.29 is 14.3 Å². The van der Waals surface area contributed by atoms with Crippen LogP contribution in [0.1, 0.15) is 12.8 Å². The van der Waals surface area contributed by atoms with E-state index >= 15 is 0 Å². The summed E-state index contributed by atoms with van der Waals surface area (Å²) in [4.78, 5) is 30.2. The lowest BCUT2D eigenvalue weighted by atomic mass is 10.2. The molecule has 0 saturated carbocycles. The largest absolute Gasteiger partial charge is 0.497 e. The van der Waals surface area contributed by atoms with Crippen LogP contribution in [0.15, 0.2) is 58.5 Å². The molecule has 0 radical (unpaired) electrons. The summed E-state index contributed by atoms with van der Waals surface area (Å²) in [5.74, 6) is 0.620. The molecule has 1 aliphatic heterocycles. The van der Waals surface area contributed by atoms with Crippen molar-refractivity contribution in [3.05, 3.63) is 58.9 Å². The van der Waals surface area contributed by atoms with E-state index in [-0.39, 0.29) is 23.3 Å². The lowest BCUT2D eigenvalue weighted by Gasteiger charge is -2.16. The number of anilines is 1. The number of hydrogen-bond acceptors (Lipinski definition) is 6. The van der Waals surface area contributed by atoms with Crippen LogP contribution >= 0.6 is 11.8 Å². The highest BCUT2D eigenvalue weighted by Crippen LogP contribution is 2.22. The summed E-state index contributed by atoms with van der Waals surface area (Å²) in [5, 5.41) is 3.94. The maximum atomic E-state index is 13.1. The van der Waals surface area contributed by atoms with Gasteiger partial charge in [-0.3, -0.25) is 14.2 Å². The Balaban J connectivity index is 1.54. The molecule has 0 spiro atoms. The van der Waals surface area contributed by atoms with Crippen molar-refractivity contribution in [2.45, 2.75) is 30.6 Å². The molecule has 2 aromatic carbocycles. The number of hydrogen-bond donors (Lipinski definition) is 1. The first-order valence-electron chi connectivity index (χ1n) is 9.82. The highest BCUT2D eigenvalue weighted by molar-refractivity contribution is 7.99. The predicted molar refractivity (Wildman–Crippen MR) is 117 cm³/mol. The minimum atomic E-state index is -0.181. The van der Waals surface area contributed by atoms with Gasteiger partial charge in [0.15, 0.2) is 5.16 Å². The maximum absolute atomic E-state index is 13.1. The molecule has 30 heavy (non-hydrogen) atoms. The number of para-hydroxylation sites is 1. The van der Waals surface area contributed by atoms with Crippen LogP contribution in [0.25, 0.3) is 10.9 Å². The number of nitrogens with one attached hydrogen (secondary N) is 1. The van der Waals surface area contributed by atoms with Crippen LogP contribution in [0.5, 0.6) is 5.75 Å². The Hall–Kier alpha value is -2.84. The Kier molecular flexibility index (Phi) is 6.35. The van der Waals surface area contributed by atoms with Crippen molar-refractivity contribution in [3.8, 4) is 5.75 Å². The molecule has 1 amide bonds. The third-order valence-corrected chi connectivity index (χ3v) is 5.90. The van der Waals surface area contributed by atoms with Crippen LogP contribution in [0.4, 0.5) is 5.69 Å². The van der Waals surface area contributed by atoms with Gasteiger partial charge in [-0.2, -0.15) is 0 Å². The van der Waals surface area contributed by atoms with Gasteiger partial charge in [-0.1, -0.05) is 30.0 Å². The summed E-state index contributed by atoms with van der Waals surface area (Å²) >= 11 is 1.25. The van der Waals surface area contributed by atoms with Gasteiger partial charge in [-0.05, 0) is 37.1 Å². The van der Waals surface area contributed by atoms with Crippen LogP contribution in [0, 0.1) is 0 Å². The van der Waals surface area contributed by atoms with Gasteiger partial charge in [-0.15, -0.1) is 0 Å². The summed E-state index contributed by atoms with van der Waals surface area (Å²) in [5.41, 5.74) is 1.18. The van der Waals surface area contributed by atoms with Gasteiger partial charge in [0.05, 0.1) is 36.4 Å². The number of methoxy groups -OCH3 is 1. The molecule has 8 heteroatoms. The van der Waals surface area contributed by atoms with Gasteiger partial charge in [0.1, 0.15) is 5.75 Å². The number of carbonyl (C=O) groups excluding carboxylic acids is 1. The summed E-state index contributed by atoms with van der Waals surface area (Å²) in [6.45, 7) is 1.16. The molecule has 1 N–H and O–H groups in total. The highest BCUT2D eigenvalue weighted by Gasteiger charge is 2.20. The number of fused-ring (bicyclic) bond motifs is 1. The molecule has 2 heterocycles. The van der Waals surface area contributed by atoms with E-state index in [0.29, 0.717) is 40.6 Å². The van der Waals surface area contributed by atoms with Crippen molar-refractivity contribution in [3.63, 3.8) is 0 Å². The first-order chi connectivity index (χ1) is 14.6. The Morgan fingerprint density at radius 1 is 1.30 bits per heavy atom. The number of thioether (sulfide) groups is 1. The minimum absolute atomic E-state index is 0.00405. The maximum Gasteiger partial charge on any atom is 0.262 e. The number of nitrogens with zero attached hydrogens (tertiary/aromatic N) is 2. The van der Waals surface area contributed by atoms with Crippen molar-refractivity contribution in [2.24, 2.45) is 0 Å². The molecule has 3 aromatic rings. The fraction of sp³-hybridized carbons (Fsp3) is 0.318. The molecular weight excluding hydrogens is 402 g/mol. The second-order valence-electron chi connectivity index (χ2n) is 7.03. The monoisotopic (exact) mass is 425 g/mol. The summed E-state index contributed by atoms with van der Waals surface area (Å²) < 4.78 is 12.5. The third-order valence-electron chi connectivity index (χ3n) is 4.92. The normalized spacial score (nSPS) is 16.0. The van der Waals surface area contributed by atoms with Crippen molar-refractivity contribution in [1.29, 1.82) is 0 Å². The number of rotatable bonds is 7. The number of amides is 1. The minimum Gasteiger partial charge on any atom is -0.497 e. The lowest BCUT2D eigenvalue weighted by molar-refractivity contribution is -0.113. The number of benzene rings is 2. The smallest absolute Gasteiger partial charge is 0.262 e. The fourth-order valence-corrected chi connectivity index (χ4v) is 4.25. The molecule has 1 aromatic heterocycles. The van der Waals surface area contributed by atoms with Crippen molar-refractivity contribution in [1.82, 2.24) is 9.55 Å². The van der Waals surface area contributed by atoms with Gasteiger partial charge in [-0.25, -0.2) is 4.98 Å². The van der Waals surface area contributed by atoms with Gasteiger partial charge < -0.3 is 14.8 Å². The highest BCUT2D eigenvalue weighted by atomic mass is 32.2.